The highest BCUT2D eigenvalue weighted by atomic mass is 16.6. The molecule has 2 aromatic rings. The van der Waals surface area contributed by atoms with Gasteiger partial charge in [-0.3, -0.25) is 4.79 Å². The maximum Gasteiger partial charge on any atom is 0.215 e. The lowest BCUT2D eigenvalue weighted by molar-refractivity contribution is 0.105. The molecule has 0 aliphatic heterocycles. The molecule has 2 aromatic carbocycles. The van der Waals surface area contributed by atoms with Crippen molar-refractivity contribution in [3.05, 3.63) is 71.8 Å². The van der Waals surface area contributed by atoms with Gasteiger partial charge in [0.2, 0.25) is 5.78 Å². The average molecular weight is 239 g/mol. The van der Waals surface area contributed by atoms with E-state index in [-0.39, 0.29) is 5.78 Å². The van der Waals surface area contributed by atoms with Gasteiger partial charge in [0.05, 0.1) is 0 Å². The van der Waals surface area contributed by atoms with E-state index < -0.39 is 0 Å². The zero-order valence-corrected chi connectivity index (χ0v) is 10.0. The standard InChI is InChI=1S/C15H13NO2/c1-18-16-14(12-8-4-2-5-9-12)15(17)13-10-6-3-7-11-13/h2-11H,1H3/b16-14-. The van der Waals surface area contributed by atoms with Crippen LogP contribution in [0.4, 0.5) is 0 Å². The van der Waals surface area contributed by atoms with Crippen molar-refractivity contribution in [2.24, 2.45) is 5.16 Å². The highest BCUT2D eigenvalue weighted by Crippen LogP contribution is 2.09. The molecule has 0 radical (unpaired) electrons. The molecule has 0 saturated heterocycles. The number of oxime groups is 1. The van der Waals surface area contributed by atoms with E-state index in [2.05, 4.69) is 5.16 Å². The van der Waals surface area contributed by atoms with Crippen molar-refractivity contribution >= 4 is 11.5 Å². The van der Waals surface area contributed by atoms with E-state index in [1.54, 1.807) is 12.1 Å². The summed E-state index contributed by atoms with van der Waals surface area (Å²) in [4.78, 5) is 17.1. The fourth-order valence-electron chi connectivity index (χ4n) is 1.64. The molecule has 0 saturated carbocycles. The molecule has 3 nitrogen and oxygen atoms in total. The van der Waals surface area contributed by atoms with Gasteiger partial charge in [-0.05, 0) is 0 Å². The number of Topliss-reactive ketones (excluding diaryl/α,β-unsaturated/α-hetero) is 1. The number of carbonyl (C=O) groups is 1. The number of rotatable bonds is 4. The number of nitrogens with zero attached hydrogens (tertiary/aromatic N) is 1. The van der Waals surface area contributed by atoms with Crippen LogP contribution in [0.3, 0.4) is 0 Å². The van der Waals surface area contributed by atoms with Crippen LogP contribution in [0.1, 0.15) is 15.9 Å². The molecule has 90 valence electrons. The third-order valence-electron chi connectivity index (χ3n) is 2.48. The summed E-state index contributed by atoms with van der Waals surface area (Å²) in [6, 6.07) is 18.3. The number of hydrogen-bond donors (Lipinski definition) is 0. The van der Waals surface area contributed by atoms with E-state index in [1.165, 1.54) is 7.11 Å². The summed E-state index contributed by atoms with van der Waals surface area (Å²) in [6.07, 6.45) is 0. The summed E-state index contributed by atoms with van der Waals surface area (Å²) < 4.78 is 0. The Morgan fingerprint density at radius 1 is 0.889 bits per heavy atom. The summed E-state index contributed by atoms with van der Waals surface area (Å²) in [7, 11) is 1.43. The van der Waals surface area contributed by atoms with Crippen molar-refractivity contribution in [1.82, 2.24) is 0 Å². The lowest BCUT2D eigenvalue weighted by Crippen LogP contribution is -2.16. The highest BCUT2D eigenvalue weighted by molar-refractivity contribution is 6.51. The molecule has 0 unspecified atom stereocenters. The smallest absolute Gasteiger partial charge is 0.215 e. The maximum absolute atomic E-state index is 12.3. The first kappa shape index (κ1) is 12.0. The lowest BCUT2D eigenvalue weighted by atomic mass is 10.0. The van der Waals surface area contributed by atoms with Gasteiger partial charge in [0.1, 0.15) is 7.11 Å². The quantitative estimate of drug-likeness (QED) is 0.467. The summed E-state index contributed by atoms with van der Waals surface area (Å²) in [5.41, 5.74) is 1.65. The lowest BCUT2D eigenvalue weighted by Gasteiger charge is -2.04. The first-order valence-electron chi connectivity index (χ1n) is 5.59. The third-order valence-corrected chi connectivity index (χ3v) is 2.48. The highest BCUT2D eigenvalue weighted by Gasteiger charge is 2.16. The van der Waals surface area contributed by atoms with E-state index in [0.29, 0.717) is 11.3 Å². The predicted octanol–water partition coefficient (Wildman–Crippen LogP) is 2.92. The van der Waals surface area contributed by atoms with Crippen LogP contribution in [0.2, 0.25) is 0 Å². The maximum atomic E-state index is 12.3. The molecule has 0 N–H and O–H groups in total. The zero-order chi connectivity index (χ0) is 12.8. The van der Waals surface area contributed by atoms with Gasteiger partial charge in [-0.25, -0.2) is 0 Å². The van der Waals surface area contributed by atoms with Crippen LogP contribution < -0.4 is 0 Å². The molecule has 0 aliphatic carbocycles. The Bertz CT molecular complexity index is 547. The van der Waals surface area contributed by atoms with Crippen LogP contribution >= 0.6 is 0 Å². The Labute approximate surface area is 106 Å². The molecular formula is C15H13NO2. The van der Waals surface area contributed by atoms with E-state index in [9.17, 15) is 4.79 Å². The van der Waals surface area contributed by atoms with Crippen LogP contribution in [0.5, 0.6) is 0 Å². The van der Waals surface area contributed by atoms with E-state index in [1.807, 2.05) is 48.5 Å². The molecule has 0 aromatic heterocycles. The van der Waals surface area contributed by atoms with E-state index >= 15 is 0 Å². The molecule has 0 spiro atoms. The van der Waals surface area contributed by atoms with Crippen LogP contribution in [0, 0.1) is 0 Å². The molecule has 0 atom stereocenters. The van der Waals surface area contributed by atoms with Crippen molar-refractivity contribution in [3.63, 3.8) is 0 Å². The Morgan fingerprint density at radius 3 is 1.89 bits per heavy atom. The number of benzene rings is 2. The molecule has 0 heterocycles. The SMILES string of the molecule is CO/N=C(\C(=O)c1ccccc1)c1ccccc1. The first-order valence-corrected chi connectivity index (χ1v) is 5.59. The predicted molar refractivity (Wildman–Crippen MR) is 70.8 cm³/mol. The largest absolute Gasteiger partial charge is 0.399 e. The van der Waals surface area contributed by atoms with Crippen LogP contribution in [0.15, 0.2) is 65.8 Å². The monoisotopic (exact) mass is 239 g/mol. The van der Waals surface area contributed by atoms with Gasteiger partial charge >= 0.3 is 0 Å². The van der Waals surface area contributed by atoms with Crippen molar-refractivity contribution in [2.45, 2.75) is 0 Å². The Kier molecular flexibility index (Phi) is 3.86. The second-order valence-electron chi connectivity index (χ2n) is 3.68. The summed E-state index contributed by atoms with van der Waals surface area (Å²) in [5.74, 6) is -0.149. The summed E-state index contributed by atoms with van der Waals surface area (Å²) in [5, 5.41) is 3.84. The van der Waals surface area contributed by atoms with Gasteiger partial charge in [0, 0.05) is 11.1 Å². The van der Waals surface area contributed by atoms with Gasteiger partial charge in [0.25, 0.3) is 0 Å². The molecule has 0 bridgehead atoms. The molecular weight excluding hydrogens is 226 g/mol. The van der Waals surface area contributed by atoms with Crippen LogP contribution in [0.25, 0.3) is 0 Å². The van der Waals surface area contributed by atoms with Gasteiger partial charge in [-0.2, -0.15) is 0 Å². The second-order valence-corrected chi connectivity index (χ2v) is 3.68. The molecule has 3 heteroatoms. The van der Waals surface area contributed by atoms with Crippen LogP contribution in [-0.2, 0) is 4.84 Å². The average Bonchev–Trinajstić information content (AvgIpc) is 2.46. The van der Waals surface area contributed by atoms with E-state index in [0.717, 1.165) is 5.56 Å². The fraction of sp³-hybridized carbons (Fsp3) is 0.0667. The third kappa shape index (κ3) is 2.63. The molecule has 0 amide bonds. The number of carbonyl (C=O) groups excluding carboxylic acids is 1. The zero-order valence-electron chi connectivity index (χ0n) is 10.0. The number of ketones is 1. The van der Waals surface area contributed by atoms with Crippen molar-refractivity contribution in [2.75, 3.05) is 7.11 Å². The minimum atomic E-state index is -0.149. The van der Waals surface area contributed by atoms with Crippen molar-refractivity contribution in [1.29, 1.82) is 0 Å². The molecule has 0 aliphatic rings. The van der Waals surface area contributed by atoms with Crippen molar-refractivity contribution in [3.8, 4) is 0 Å². The Hall–Kier alpha value is -2.42. The second kappa shape index (κ2) is 5.77. The summed E-state index contributed by atoms with van der Waals surface area (Å²) in [6.45, 7) is 0. The Balaban J connectivity index is 2.39. The van der Waals surface area contributed by atoms with Gasteiger partial charge in [-0.15, -0.1) is 0 Å². The topological polar surface area (TPSA) is 38.7 Å². The normalized spacial score (nSPS) is 11.1. The van der Waals surface area contributed by atoms with E-state index in [4.69, 9.17) is 4.84 Å². The minimum Gasteiger partial charge on any atom is -0.399 e. The van der Waals surface area contributed by atoms with Gasteiger partial charge in [-0.1, -0.05) is 65.8 Å². The summed E-state index contributed by atoms with van der Waals surface area (Å²) >= 11 is 0. The first-order chi connectivity index (χ1) is 8.83. The fourth-order valence-corrected chi connectivity index (χ4v) is 1.64. The van der Waals surface area contributed by atoms with Gasteiger partial charge < -0.3 is 4.84 Å². The Morgan fingerprint density at radius 2 is 1.39 bits per heavy atom. The van der Waals surface area contributed by atoms with Gasteiger partial charge in [0.15, 0.2) is 5.71 Å². The number of hydrogen-bond acceptors (Lipinski definition) is 3. The van der Waals surface area contributed by atoms with Crippen molar-refractivity contribution < 1.29 is 9.63 Å². The molecule has 18 heavy (non-hydrogen) atoms. The van der Waals surface area contributed by atoms with Crippen LogP contribution in [-0.4, -0.2) is 18.6 Å². The molecule has 2 rings (SSSR count). The minimum absolute atomic E-state index is 0.149. The molecule has 0 fully saturated rings.